The van der Waals surface area contributed by atoms with Crippen LogP contribution >= 0.6 is 0 Å². The van der Waals surface area contributed by atoms with Crippen LogP contribution in [0.3, 0.4) is 0 Å². The molecule has 0 fully saturated rings. The van der Waals surface area contributed by atoms with Crippen LogP contribution in [0.5, 0.6) is 17.2 Å². The lowest BCUT2D eigenvalue weighted by atomic mass is 9.73. The summed E-state index contributed by atoms with van der Waals surface area (Å²) in [4.78, 5) is 13.2. The van der Waals surface area contributed by atoms with Crippen LogP contribution in [0.2, 0.25) is 0 Å². The van der Waals surface area contributed by atoms with Crippen molar-refractivity contribution < 1.29 is 14.3 Å². The molecule has 0 N–H and O–H groups in total. The zero-order valence-corrected chi connectivity index (χ0v) is 31.7. The summed E-state index contributed by atoms with van der Waals surface area (Å²) in [6, 6.07) is 41.3. The molecule has 0 aliphatic carbocycles. The molecule has 0 bridgehead atoms. The van der Waals surface area contributed by atoms with E-state index in [4.69, 9.17) is 9.47 Å². The van der Waals surface area contributed by atoms with Crippen molar-refractivity contribution in [2.24, 2.45) is 0 Å². The monoisotopic (exact) mass is 666 g/mol. The van der Waals surface area contributed by atoms with Gasteiger partial charge in [-0.15, -0.1) is 0 Å². The second-order valence-corrected chi connectivity index (χ2v) is 15.9. The van der Waals surface area contributed by atoms with E-state index in [1.807, 2.05) is 48.5 Å². The normalized spacial score (nSPS) is 12.4. The minimum atomic E-state index is -0.222. The molecule has 5 aromatic carbocycles. The van der Waals surface area contributed by atoms with E-state index in [2.05, 4.69) is 142 Å². The van der Waals surface area contributed by atoms with Gasteiger partial charge in [0.2, 0.25) is 0 Å². The maximum Gasteiger partial charge on any atom is 0.193 e. The summed E-state index contributed by atoms with van der Waals surface area (Å²) in [6.07, 6.45) is 1.99. The van der Waals surface area contributed by atoms with E-state index < -0.39 is 0 Å². The SMILES string of the molecule is CCC(C)(C)Oc1ccc(C(C)(C)c2cccc(C(C)(C)c3ccc(Oc4ccc(C(=O)c5ccc(C(C)(C)CC)cc5)cc4)cc3)c2)cc1. The minimum Gasteiger partial charge on any atom is -0.488 e. The second-order valence-electron chi connectivity index (χ2n) is 15.9. The fourth-order valence-electron chi connectivity index (χ4n) is 6.15. The summed E-state index contributed by atoms with van der Waals surface area (Å²) < 4.78 is 12.4. The number of hydrogen-bond donors (Lipinski definition) is 0. The van der Waals surface area contributed by atoms with Crippen molar-refractivity contribution in [3.05, 3.63) is 160 Å². The fraction of sp³-hybridized carbons (Fsp3) is 0.340. The van der Waals surface area contributed by atoms with Gasteiger partial charge >= 0.3 is 0 Å². The number of rotatable bonds is 13. The Bertz CT molecular complexity index is 1890. The lowest BCUT2D eigenvalue weighted by Crippen LogP contribution is -2.27. The van der Waals surface area contributed by atoms with Crippen LogP contribution in [0.1, 0.15) is 126 Å². The van der Waals surface area contributed by atoms with E-state index in [0.717, 1.165) is 24.3 Å². The molecule has 0 heterocycles. The Kier molecular flexibility index (Phi) is 10.5. The molecule has 0 radical (unpaired) electrons. The molecule has 3 heteroatoms. The molecule has 0 spiro atoms. The molecule has 5 rings (SSSR count). The molecule has 0 amide bonds. The largest absolute Gasteiger partial charge is 0.488 e. The summed E-state index contributed by atoms with van der Waals surface area (Å²) in [6.45, 7) is 22.1. The Morgan fingerprint density at radius 1 is 0.480 bits per heavy atom. The second kappa shape index (κ2) is 14.3. The molecular weight excluding hydrogens is 613 g/mol. The predicted octanol–water partition coefficient (Wildman–Crippen LogP) is 12.6. The Morgan fingerprint density at radius 3 is 1.32 bits per heavy atom. The number of hydrogen-bond acceptors (Lipinski definition) is 3. The smallest absolute Gasteiger partial charge is 0.193 e. The zero-order valence-electron chi connectivity index (χ0n) is 31.7. The lowest BCUT2D eigenvalue weighted by Gasteiger charge is -2.31. The van der Waals surface area contributed by atoms with Crippen molar-refractivity contribution in [2.75, 3.05) is 0 Å². The van der Waals surface area contributed by atoms with Gasteiger partial charge in [0, 0.05) is 22.0 Å². The van der Waals surface area contributed by atoms with Gasteiger partial charge in [-0.05, 0) is 108 Å². The van der Waals surface area contributed by atoms with Crippen LogP contribution in [0, 0.1) is 0 Å². The molecule has 0 atom stereocenters. The van der Waals surface area contributed by atoms with E-state index in [1.165, 1.54) is 27.8 Å². The van der Waals surface area contributed by atoms with Crippen LogP contribution in [-0.4, -0.2) is 11.4 Å². The summed E-state index contributed by atoms with van der Waals surface area (Å²) in [5.41, 5.74) is 7.05. The first-order valence-electron chi connectivity index (χ1n) is 18.0. The Hall–Kier alpha value is -4.63. The van der Waals surface area contributed by atoms with Gasteiger partial charge in [0.05, 0.1) is 0 Å². The molecule has 50 heavy (non-hydrogen) atoms. The van der Waals surface area contributed by atoms with Gasteiger partial charge in [-0.2, -0.15) is 0 Å². The van der Waals surface area contributed by atoms with Crippen LogP contribution in [0.4, 0.5) is 0 Å². The van der Waals surface area contributed by atoms with Crippen LogP contribution < -0.4 is 9.47 Å². The Balaban J connectivity index is 1.26. The standard InChI is InChI=1S/C47H54O3/c1-11-44(3,4)35-20-16-33(17-21-35)43(48)34-18-26-40(27-19-34)49-41-28-22-36(23-29-41)46(7,8)38-14-13-15-39(32-38)47(9,10)37-24-30-42(31-25-37)50-45(5,6)12-2/h13-32H,11-12H2,1-10H3. The Labute approximate surface area is 300 Å². The van der Waals surface area contributed by atoms with Crippen molar-refractivity contribution in [3.8, 4) is 17.2 Å². The third-order valence-corrected chi connectivity index (χ3v) is 10.9. The average molecular weight is 667 g/mol. The van der Waals surface area contributed by atoms with E-state index in [1.54, 1.807) is 0 Å². The molecule has 0 aromatic heterocycles. The van der Waals surface area contributed by atoms with Gasteiger partial charge < -0.3 is 9.47 Å². The van der Waals surface area contributed by atoms with Gasteiger partial charge in [0.1, 0.15) is 22.8 Å². The maximum atomic E-state index is 13.2. The molecule has 0 saturated heterocycles. The van der Waals surface area contributed by atoms with Crippen molar-refractivity contribution in [2.45, 2.75) is 104 Å². The molecule has 0 unspecified atom stereocenters. The molecule has 0 aliphatic rings. The first-order valence-corrected chi connectivity index (χ1v) is 18.0. The predicted molar refractivity (Wildman–Crippen MR) is 208 cm³/mol. The van der Waals surface area contributed by atoms with E-state index in [9.17, 15) is 4.79 Å². The molecule has 5 aromatic rings. The number of benzene rings is 5. The fourth-order valence-corrected chi connectivity index (χ4v) is 6.15. The van der Waals surface area contributed by atoms with Gasteiger partial charge in [-0.1, -0.05) is 128 Å². The highest BCUT2D eigenvalue weighted by Gasteiger charge is 2.28. The third-order valence-electron chi connectivity index (χ3n) is 10.9. The highest BCUT2D eigenvalue weighted by atomic mass is 16.5. The van der Waals surface area contributed by atoms with Crippen molar-refractivity contribution >= 4 is 5.78 Å². The van der Waals surface area contributed by atoms with Gasteiger partial charge in [0.25, 0.3) is 0 Å². The highest BCUT2D eigenvalue weighted by molar-refractivity contribution is 6.09. The van der Waals surface area contributed by atoms with E-state index in [0.29, 0.717) is 16.9 Å². The van der Waals surface area contributed by atoms with E-state index >= 15 is 0 Å². The summed E-state index contributed by atoms with van der Waals surface area (Å²) in [7, 11) is 0. The average Bonchev–Trinajstić information content (AvgIpc) is 3.12. The molecule has 260 valence electrons. The van der Waals surface area contributed by atoms with Crippen LogP contribution in [0.25, 0.3) is 0 Å². The van der Waals surface area contributed by atoms with Crippen LogP contribution in [-0.2, 0) is 16.2 Å². The van der Waals surface area contributed by atoms with Gasteiger partial charge in [0.15, 0.2) is 5.78 Å². The van der Waals surface area contributed by atoms with E-state index in [-0.39, 0.29) is 27.6 Å². The summed E-state index contributed by atoms with van der Waals surface area (Å²) >= 11 is 0. The number of ether oxygens (including phenoxy) is 2. The lowest BCUT2D eigenvalue weighted by molar-refractivity contribution is 0.103. The molecule has 0 aliphatic heterocycles. The summed E-state index contributed by atoms with van der Waals surface area (Å²) in [5.74, 6) is 2.36. The first-order chi connectivity index (χ1) is 23.6. The van der Waals surface area contributed by atoms with Crippen LogP contribution in [0.15, 0.2) is 121 Å². The number of carbonyl (C=O) groups excluding carboxylic acids is 1. The number of ketones is 1. The molecular formula is C47H54O3. The summed E-state index contributed by atoms with van der Waals surface area (Å²) in [5, 5.41) is 0. The van der Waals surface area contributed by atoms with Crippen molar-refractivity contribution in [3.63, 3.8) is 0 Å². The quantitative estimate of drug-likeness (QED) is 0.117. The van der Waals surface area contributed by atoms with Gasteiger partial charge in [-0.3, -0.25) is 4.79 Å². The zero-order chi connectivity index (χ0) is 36.3. The maximum absolute atomic E-state index is 13.2. The topological polar surface area (TPSA) is 35.5 Å². The molecule has 0 saturated carbocycles. The minimum absolute atomic E-state index is 0.00971. The van der Waals surface area contributed by atoms with Gasteiger partial charge in [-0.25, -0.2) is 0 Å². The Morgan fingerprint density at radius 2 is 0.880 bits per heavy atom. The van der Waals surface area contributed by atoms with Crippen molar-refractivity contribution in [1.29, 1.82) is 0 Å². The molecule has 3 nitrogen and oxygen atoms in total. The number of carbonyl (C=O) groups is 1. The highest BCUT2D eigenvalue weighted by Crippen LogP contribution is 2.38. The first kappa shape index (κ1) is 36.6. The van der Waals surface area contributed by atoms with Crippen molar-refractivity contribution in [1.82, 2.24) is 0 Å². The third kappa shape index (κ3) is 8.05.